The summed E-state index contributed by atoms with van der Waals surface area (Å²) in [7, 11) is 4.60. The van der Waals surface area contributed by atoms with E-state index in [4.69, 9.17) is 18.9 Å². The van der Waals surface area contributed by atoms with Crippen LogP contribution in [0.2, 0.25) is 0 Å². The number of hydrazone groups is 1. The van der Waals surface area contributed by atoms with Gasteiger partial charge in [-0.3, -0.25) is 0 Å². The summed E-state index contributed by atoms with van der Waals surface area (Å²) < 4.78 is 20.7. The van der Waals surface area contributed by atoms with Gasteiger partial charge in [0.1, 0.15) is 11.4 Å². The summed E-state index contributed by atoms with van der Waals surface area (Å²) in [5.74, 6) is 1.60. The number of amides is 1. The molecule has 1 aromatic carbocycles. The maximum absolute atomic E-state index is 11.5. The van der Waals surface area contributed by atoms with Crippen LogP contribution in [0.1, 0.15) is 26.3 Å². The van der Waals surface area contributed by atoms with Crippen LogP contribution in [0, 0.1) is 0 Å². The summed E-state index contributed by atoms with van der Waals surface area (Å²) in [6.07, 6.45) is 0.799. The number of benzene rings is 1. The minimum Gasteiger partial charge on any atom is -0.496 e. The molecule has 0 saturated carbocycles. The number of nitrogens with one attached hydrogen (secondary N) is 1. The van der Waals surface area contributed by atoms with Gasteiger partial charge in [-0.2, -0.15) is 5.10 Å². The highest BCUT2D eigenvalue weighted by Crippen LogP contribution is 2.33. The monoisotopic (exact) mass is 310 g/mol. The average Bonchev–Trinajstić information content (AvgIpc) is 2.44. The van der Waals surface area contributed by atoms with Gasteiger partial charge in [0, 0.05) is 11.6 Å². The third-order valence-electron chi connectivity index (χ3n) is 2.49. The van der Waals surface area contributed by atoms with Crippen LogP contribution in [0.3, 0.4) is 0 Å². The van der Waals surface area contributed by atoms with Crippen molar-refractivity contribution in [3.05, 3.63) is 17.7 Å². The largest absolute Gasteiger partial charge is 0.496 e. The Morgan fingerprint density at radius 2 is 1.59 bits per heavy atom. The van der Waals surface area contributed by atoms with Crippen molar-refractivity contribution in [1.29, 1.82) is 0 Å². The normalized spacial score (nSPS) is 11.2. The maximum atomic E-state index is 11.5. The Kier molecular flexibility index (Phi) is 6.03. The molecule has 0 aromatic heterocycles. The zero-order valence-electron chi connectivity index (χ0n) is 13.7. The predicted molar refractivity (Wildman–Crippen MR) is 83.1 cm³/mol. The Morgan fingerprint density at radius 1 is 1.05 bits per heavy atom. The second-order valence-corrected chi connectivity index (χ2v) is 5.32. The lowest BCUT2D eigenvalue weighted by Crippen LogP contribution is -2.29. The van der Waals surface area contributed by atoms with Crippen molar-refractivity contribution in [3.63, 3.8) is 0 Å². The minimum atomic E-state index is -0.636. The summed E-state index contributed by atoms with van der Waals surface area (Å²) in [4.78, 5) is 11.5. The van der Waals surface area contributed by atoms with Crippen LogP contribution in [-0.4, -0.2) is 39.2 Å². The molecule has 0 aliphatic rings. The molecule has 0 unspecified atom stereocenters. The lowest BCUT2D eigenvalue weighted by Gasteiger charge is -2.18. The molecular weight excluding hydrogens is 288 g/mol. The molecule has 0 spiro atoms. The summed E-state index contributed by atoms with van der Waals surface area (Å²) in [6.45, 7) is 5.31. The highest BCUT2D eigenvalue weighted by Gasteiger charge is 2.15. The molecule has 7 nitrogen and oxygen atoms in total. The minimum absolute atomic E-state index is 0.530. The van der Waals surface area contributed by atoms with Crippen LogP contribution in [0.15, 0.2) is 17.2 Å². The topological polar surface area (TPSA) is 78.4 Å². The molecule has 0 fully saturated rings. The summed E-state index contributed by atoms with van der Waals surface area (Å²) in [5.41, 5.74) is 2.32. The number of hydrogen-bond acceptors (Lipinski definition) is 6. The standard InChI is InChI=1S/C15H22N2O5/c1-15(2,3)22-14(18)17-16-9-10-7-12(20-5)13(21-6)8-11(10)19-4/h7-9H,1-6H3,(H,17,18)/b16-9-. The number of nitrogens with zero attached hydrogens (tertiary/aromatic N) is 1. The third kappa shape index (κ3) is 5.16. The molecule has 1 N–H and O–H groups in total. The van der Waals surface area contributed by atoms with E-state index in [1.165, 1.54) is 27.5 Å². The van der Waals surface area contributed by atoms with Gasteiger partial charge in [0.15, 0.2) is 11.5 Å². The fraction of sp³-hybridized carbons (Fsp3) is 0.467. The number of carbonyl (C=O) groups is 1. The Balaban J connectivity index is 2.88. The Morgan fingerprint density at radius 3 is 2.09 bits per heavy atom. The van der Waals surface area contributed by atoms with Gasteiger partial charge in [-0.05, 0) is 26.8 Å². The summed E-state index contributed by atoms with van der Waals surface area (Å²) in [6, 6.07) is 3.37. The van der Waals surface area contributed by atoms with E-state index < -0.39 is 11.7 Å². The van der Waals surface area contributed by atoms with Gasteiger partial charge in [0.25, 0.3) is 0 Å². The van der Waals surface area contributed by atoms with Crippen molar-refractivity contribution in [2.75, 3.05) is 21.3 Å². The third-order valence-corrected chi connectivity index (χ3v) is 2.49. The van der Waals surface area contributed by atoms with E-state index >= 15 is 0 Å². The van der Waals surface area contributed by atoms with Gasteiger partial charge < -0.3 is 18.9 Å². The van der Waals surface area contributed by atoms with Crippen molar-refractivity contribution in [1.82, 2.24) is 5.43 Å². The van der Waals surface area contributed by atoms with E-state index in [-0.39, 0.29) is 0 Å². The second kappa shape index (κ2) is 7.53. The first-order chi connectivity index (χ1) is 10.3. The number of ether oxygens (including phenoxy) is 4. The first kappa shape index (κ1) is 17.6. The van der Waals surface area contributed by atoms with Crippen molar-refractivity contribution in [3.8, 4) is 17.2 Å². The van der Waals surface area contributed by atoms with Crippen LogP contribution in [0.5, 0.6) is 17.2 Å². The molecule has 1 rings (SSSR count). The van der Waals surface area contributed by atoms with Gasteiger partial charge in [-0.1, -0.05) is 0 Å². The zero-order valence-corrected chi connectivity index (χ0v) is 13.7. The quantitative estimate of drug-likeness (QED) is 0.668. The fourth-order valence-electron chi connectivity index (χ4n) is 1.61. The van der Waals surface area contributed by atoms with Crippen LogP contribution in [-0.2, 0) is 4.74 Å². The molecule has 22 heavy (non-hydrogen) atoms. The van der Waals surface area contributed by atoms with Gasteiger partial charge in [-0.15, -0.1) is 0 Å². The van der Waals surface area contributed by atoms with Crippen molar-refractivity contribution < 1.29 is 23.7 Å². The molecule has 0 aliphatic heterocycles. The van der Waals surface area contributed by atoms with Crippen molar-refractivity contribution in [2.24, 2.45) is 5.10 Å². The van der Waals surface area contributed by atoms with Crippen LogP contribution in [0.25, 0.3) is 0 Å². The van der Waals surface area contributed by atoms with Gasteiger partial charge in [-0.25, -0.2) is 10.2 Å². The number of carbonyl (C=O) groups excluding carboxylic acids is 1. The lowest BCUT2D eigenvalue weighted by atomic mass is 10.2. The lowest BCUT2D eigenvalue weighted by molar-refractivity contribution is 0.0529. The highest BCUT2D eigenvalue weighted by molar-refractivity contribution is 5.86. The SMILES string of the molecule is COc1cc(OC)c(OC)cc1/C=N\NC(=O)OC(C)(C)C. The van der Waals surface area contributed by atoms with E-state index in [1.54, 1.807) is 32.9 Å². The molecule has 0 heterocycles. The fourth-order valence-corrected chi connectivity index (χ4v) is 1.61. The van der Waals surface area contributed by atoms with E-state index in [0.29, 0.717) is 22.8 Å². The van der Waals surface area contributed by atoms with E-state index in [1.807, 2.05) is 0 Å². The van der Waals surface area contributed by atoms with E-state index in [2.05, 4.69) is 10.5 Å². The van der Waals surface area contributed by atoms with Gasteiger partial charge >= 0.3 is 6.09 Å². The molecule has 0 bridgehead atoms. The number of rotatable bonds is 5. The average molecular weight is 310 g/mol. The molecule has 0 radical (unpaired) electrons. The molecule has 7 heteroatoms. The maximum Gasteiger partial charge on any atom is 0.428 e. The van der Waals surface area contributed by atoms with Crippen LogP contribution < -0.4 is 19.6 Å². The Labute approximate surface area is 130 Å². The van der Waals surface area contributed by atoms with Crippen molar-refractivity contribution >= 4 is 12.3 Å². The molecule has 0 aliphatic carbocycles. The van der Waals surface area contributed by atoms with Gasteiger partial charge in [0.05, 0.1) is 27.5 Å². The molecule has 0 saturated heterocycles. The zero-order chi connectivity index (χ0) is 16.8. The number of hydrogen-bond donors (Lipinski definition) is 1. The molecule has 0 atom stereocenters. The Hall–Kier alpha value is -2.44. The highest BCUT2D eigenvalue weighted by atomic mass is 16.6. The second-order valence-electron chi connectivity index (χ2n) is 5.32. The summed E-state index contributed by atoms with van der Waals surface area (Å²) >= 11 is 0. The van der Waals surface area contributed by atoms with Crippen LogP contribution in [0.4, 0.5) is 4.79 Å². The van der Waals surface area contributed by atoms with Crippen molar-refractivity contribution in [2.45, 2.75) is 26.4 Å². The molecule has 1 aromatic rings. The van der Waals surface area contributed by atoms with E-state index in [0.717, 1.165) is 0 Å². The molecule has 122 valence electrons. The van der Waals surface area contributed by atoms with E-state index in [9.17, 15) is 4.79 Å². The molecule has 1 amide bonds. The first-order valence-corrected chi connectivity index (χ1v) is 6.62. The summed E-state index contributed by atoms with van der Waals surface area (Å²) in [5, 5.41) is 3.84. The Bertz CT molecular complexity index is 550. The van der Waals surface area contributed by atoms with Gasteiger partial charge in [0.2, 0.25) is 0 Å². The number of methoxy groups -OCH3 is 3. The first-order valence-electron chi connectivity index (χ1n) is 6.62. The smallest absolute Gasteiger partial charge is 0.428 e. The molecular formula is C15H22N2O5. The predicted octanol–water partition coefficient (Wildman–Crippen LogP) is 2.57. The van der Waals surface area contributed by atoms with Crippen LogP contribution >= 0.6 is 0 Å².